The van der Waals surface area contributed by atoms with E-state index in [-0.39, 0.29) is 0 Å². The van der Waals surface area contributed by atoms with Crippen molar-refractivity contribution in [1.82, 2.24) is 0 Å². The van der Waals surface area contributed by atoms with E-state index in [1.807, 2.05) is 0 Å². The first-order chi connectivity index (χ1) is 15.0. The van der Waals surface area contributed by atoms with Gasteiger partial charge in [0.1, 0.15) is 24.4 Å². The Morgan fingerprint density at radius 2 is 1.32 bits per heavy atom. The van der Waals surface area contributed by atoms with Crippen LogP contribution in [-0.2, 0) is 14.3 Å². The molecule has 1 aliphatic rings. The predicted octanol–water partition coefficient (Wildman–Crippen LogP) is 3.37. The lowest BCUT2D eigenvalue weighted by Gasteiger charge is -2.38. The first-order valence-electron chi connectivity index (χ1n) is 12.2. The van der Waals surface area contributed by atoms with Crippen LogP contribution >= 0.6 is 0 Å². The first kappa shape index (κ1) is 28.0. The Kier molecular flexibility index (Phi) is 15.9. The molecule has 0 aromatic rings. The van der Waals surface area contributed by atoms with Gasteiger partial charge >= 0.3 is 5.97 Å². The number of aliphatic hydroxyl groups is 4. The molecule has 0 saturated carbocycles. The Bertz CT molecular complexity index is 481. The van der Waals surface area contributed by atoms with Crippen LogP contribution < -0.4 is 0 Å². The average molecular weight is 445 g/mol. The summed E-state index contributed by atoms with van der Waals surface area (Å²) in [5, 5.41) is 38.4. The van der Waals surface area contributed by atoms with Crippen molar-refractivity contribution in [1.29, 1.82) is 0 Å². The molecular weight excluding hydrogens is 400 g/mol. The van der Waals surface area contributed by atoms with Crippen molar-refractivity contribution in [3.8, 4) is 0 Å². The molecule has 0 spiro atoms. The minimum atomic E-state index is -1.57. The summed E-state index contributed by atoms with van der Waals surface area (Å²) in [4.78, 5) is 11.9. The van der Waals surface area contributed by atoms with Crippen LogP contribution in [-0.4, -0.2) is 63.7 Å². The molecule has 0 aliphatic carbocycles. The van der Waals surface area contributed by atoms with Crippen LogP contribution in [0.5, 0.6) is 0 Å². The third kappa shape index (κ3) is 12.0. The second kappa shape index (κ2) is 17.6. The largest absolute Gasteiger partial charge is 0.430 e. The van der Waals surface area contributed by atoms with Gasteiger partial charge in [-0.15, -0.1) is 0 Å². The molecular formula is C24H44O7. The zero-order valence-corrected chi connectivity index (χ0v) is 19.2. The maximum absolute atomic E-state index is 11.9. The molecule has 1 aliphatic heterocycles. The second-order valence-corrected chi connectivity index (χ2v) is 8.57. The molecule has 5 atom stereocenters. The maximum atomic E-state index is 11.9. The summed E-state index contributed by atoms with van der Waals surface area (Å²) in [5.41, 5.74) is 0. The maximum Gasteiger partial charge on any atom is 0.332 e. The molecule has 1 rings (SSSR count). The molecule has 0 aromatic carbocycles. The number of hydrogen-bond acceptors (Lipinski definition) is 7. The van der Waals surface area contributed by atoms with Crippen molar-refractivity contribution < 1.29 is 34.7 Å². The summed E-state index contributed by atoms with van der Waals surface area (Å²) >= 11 is 0. The number of unbranched alkanes of at least 4 members (excludes halogenated alkanes) is 13. The standard InChI is InChI=1S/C24H44O7/c1-2-3-4-5-6-7-8-9-10-11-12-13-14-15-16-17-20(26)31-24-23(29)22(28)21(27)19(18-25)30-24/h16-17,19,21-25,27-29H,2-15,18H2,1H3/t19-,21-,22+,23-,24+/m1/s1. The number of ether oxygens (including phenoxy) is 2. The van der Waals surface area contributed by atoms with Gasteiger partial charge in [0.25, 0.3) is 0 Å². The fourth-order valence-corrected chi connectivity index (χ4v) is 3.78. The van der Waals surface area contributed by atoms with Crippen molar-refractivity contribution in [2.75, 3.05) is 6.61 Å². The third-order valence-corrected chi connectivity index (χ3v) is 5.81. The smallest absolute Gasteiger partial charge is 0.332 e. The zero-order chi connectivity index (χ0) is 22.9. The number of allylic oxidation sites excluding steroid dienone is 1. The topological polar surface area (TPSA) is 116 Å². The van der Waals surface area contributed by atoms with E-state index < -0.39 is 43.3 Å². The summed E-state index contributed by atoms with van der Waals surface area (Å²) in [5.74, 6) is -0.695. The van der Waals surface area contributed by atoms with Gasteiger partial charge in [0.15, 0.2) is 0 Å². The number of carbonyl (C=O) groups excluding carboxylic acids is 1. The van der Waals surface area contributed by atoms with Crippen LogP contribution in [0.15, 0.2) is 12.2 Å². The average Bonchev–Trinajstić information content (AvgIpc) is 2.76. The molecule has 0 unspecified atom stereocenters. The quantitative estimate of drug-likeness (QED) is 0.154. The highest BCUT2D eigenvalue weighted by molar-refractivity contribution is 5.82. The van der Waals surface area contributed by atoms with Gasteiger partial charge < -0.3 is 29.9 Å². The summed E-state index contributed by atoms with van der Waals surface area (Å²) in [6.07, 6.45) is 13.4. The molecule has 1 saturated heterocycles. The molecule has 1 heterocycles. The van der Waals surface area contributed by atoms with Crippen LogP contribution in [0.1, 0.15) is 96.8 Å². The van der Waals surface area contributed by atoms with Crippen molar-refractivity contribution >= 4 is 5.97 Å². The fourth-order valence-electron chi connectivity index (χ4n) is 3.78. The van der Waals surface area contributed by atoms with E-state index in [9.17, 15) is 20.1 Å². The zero-order valence-electron chi connectivity index (χ0n) is 19.2. The van der Waals surface area contributed by atoms with Crippen LogP contribution in [0, 0.1) is 0 Å². The number of esters is 1. The summed E-state index contributed by atoms with van der Waals surface area (Å²) in [7, 11) is 0. The Balaban J connectivity index is 2.01. The minimum Gasteiger partial charge on any atom is -0.430 e. The number of carbonyl (C=O) groups is 1. The van der Waals surface area contributed by atoms with Gasteiger partial charge in [0.05, 0.1) is 6.61 Å². The molecule has 0 radical (unpaired) electrons. The Morgan fingerprint density at radius 1 is 0.806 bits per heavy atom. The van der Waals surface area contributed by atoms with E-state index in [2.05, 4.69) is 6.92 Å². The van der Waals surface area contributed by atoms with Crippen molar-refractivity contribution in [3.05, 3.63) is 12.2 Å². The van der Waals surface area contributed by atoms with Crippen molar-refractivity contribution in [2.24, 2.45) is 0 Å². The van der Waals surface area contributed by atoms with Gasteiger partial charge in [-0.1, -0.05) is 90.0 Å². The molecule has 0 aromatic heterocycles. The first-order valence-corrected chi connectivity index (χ1v) is 12.2. The molecule has 4 N–H and O–H groups in total. The van der Waals surface area contributed by atoms with Gasteiger partial charge in [-0.3, -0.25) is 0 Å². The summed E-state index contributed by atoms with van der Waals surface area (Å²) in [6, 6.07) is 0. The Labute approximate surface area is 187 Å². The van der Waals surface area contributed by atoms with E-state index in [4.69, 9.17) is 14.6 Å². The van der Waals surface area contributed by atoms with E-state index in [0.29, 0.717) is 0 Å². The molecule has 7 nitrogen and oxygen atoms in total. The van der Waals surface area contributed by atoms with E-state index in [1.165, 1.54) is 76.7 Å². The third-order valence-electron chi connectivity index (χ3n) is 5.81. The van der Waals surface area contributed by atoms with Crippen molar-refractivity contribution in [2.45, 2.75) is 128 Å². The van der Waals surface area contributed by atoms with Gasteiger partial charge in [-0.2, -0.15) is 0 Å². The highest BCUT2D eigenvalue weighted by Gasteiger charge is 2.45. The van der Waals surface area contributed by atoms with Crippen LogP contribution in [0.3, 0.4) is 0 Å². The SMILES string of the molecule is CCCCCCCCCCCCCCCC=CC(=O)O[C@@H]1O[C@H](CO)[C@@H](O)[C@H](O)[C@H]1O. The minimum absolute atomic E-state index is 0.562. The van der Waals surface area contributed by atoms with Crippen LogP contribution in [0.2, 0.25) is 0 Å². The van der Waals surface area contributed by atoms with E-state index in [0.717, 1.165) is 19.3 Å². The molecule has 31 heavy (non-hydrogen) atoms. The molecule has 1 fully saturated rings. The lowest BCUT2D eigenvalue weighted by Crippen LogP contribution is -2.59. The second-order valence-electron chi connectivity index (χ2n) is 8.57. The van der Waals surface area contributed by atoms with Gasteiger partial charge in [-0.25, -0.2) is 4.79 Å². The van der Waals surface area contributed by atoms with Crippen LogP contribution in [0.25, 0.3) is 0 Å². The summed E-state index contributed by atoms with van der Waals surface area (Å²) < 4.78 is 10.1. The van der Waals surface area contributed by atoms with E-state index in [1.54, 1.807) is 6.08 Å². The van der Waals surface area contributed by atoms with Gasteiger partial charge in [0.2, 0.25) is 6.29 Å². The van der Waals surface area contributed by atoms with Gasteiger partial charge in [-0.05, 0) is 12.8 Å². The number of aliphatic hydroxyl groups excluding tert-OH is 4. The Morgan fingerprint density at radius 3 is 1.84 bits per heavy atom. The Hall–Kier alpha value is -0.990. The predicted molar refractivity (Wildman–Crippen MR) is 119 cm³/mol. The monoisotopic (exact) mass is 444 g/mol. The highest BCUT2D eigenvalue weighted by Crippen LogP contribution is 2.22. The molecule has 0 bridgehead atoms. The highest BCUT2D eigenvalue weighted by atomic mass is 16.7. The van der Waals surface area contributed by atoms with Gasteiger partial charge in [0, 0.05) is 6.08 Å². The lowest BCUT2D eigenvalue weighted by molar-refractivity contribution is -0.291. The normalized spacial score (nSPS) is 26.4. The molecule has 7 heteroatoms. The number of hydrogen-bond donors (Lipinski definition) is 4. The molecule has 0 amide bonds. The van der Waals surface area contributed by atoms with Crippen LogP contribution in [0.4, 0.5) is 0 Å². The lowest BCUT2D eigenvalue weighted by atomic mass is 9.99. The van der Waals surface area contributed by atoms with E-state index >= 15 is 0 Å². The number of rotatable bonds is 17. The summed E-state index contributed by atoms with van der Waals surface area (Å²) in [6.45, 7) is 1.69. The van der Waals surface area contributed by atoms with Crippen molar-refractivity contribution in [3.63, 3.8) is 0 Å². The molecule has 182 valence electrons. The fraction of sp³-hybridized carbons (Fsp3) is 0.875.